The summed E-state index contributed by atoms with van der Waals surface area (Å²) in [5, 5.41) is 12.5. The Morgan fingerprint density at radius 2 is 2.11 bits per heavy atom. The monoisotopic (exact) mass is 268 g/mol. The Morgan fingerprint density at radius 3 is 2.61 bits per heavy atom. The van der Waals surface area contributed by atoms with Crippen LogP contribution in [0.2, 0.25) is 0 Å². The van der Waals surface area contributed by atoms with Crippen LogP contribution in [0.3, 0.4) is 0 Å². The van der Waals surface area contributed by atoms with Crippen molar-refractivity contribution in [2.24, 2.45) is 12.2 Å². The molecule has 1 aliphatic rings. The lowest BCUT2D eigenvalue weighted by atomic mass is 10.4. The van der Waals surface area contributed by atoms with Crippen LogP contribution in [0.5, 0.6) is 0 Å². The van der Waals surface area contributed by atoms with Crippen LogP contribution in [0, 0.1) is 0 Å². The van der Waals surface area contributed by atoms with Crippen molar-refractivity contribution in [1.29, 1.82) is 0 Å². The maximum atomic E-state index is 11.5. The van der Waals surface area contributed by atoms with Crippen LogP contribution in [0.1, 0.15) is 18.9 Å². The molecule has 0 unspecified atom stereocenters. The molecule has 3 rings (SSSR count). The highest BCUT2D eigenvalue weighted by Crippen LogP contribution is 2.39. The van der Waals surface area contributed by atoms with E-state index in [2.05, 4.69) is 15.2 Å². The summed E-state index contributed by atoms with van der Waals surface area (Å²) in [6.45, 7) is 0. The molecule has 0 radical (unpaired) electrons. The van der Waals surface area contributed by atoms with Gasteiger partial charge in [0.15, 0.2) is 5.82 Å². The molecule has 2 N–H and O–H groups in total. The zero-order valence-electron chi connectivity index (χ0n) is 9.68. The second kappa shape index (κ2) is 3.62. The van der Waals surface area contributed by atoms with Gasteiger partial charge in [0, 0.05) is 19.3 Å². The van der Waals surface area contributed by atoms with Crippen LogP contribution < -0.4 is 5.14 Å². The Bertz CT molecular complexity index is 696. The van der Waals surface area contributed by atoms with E-state index in [9.17, 15) is 8.42 Å². The molecule has 18 heavy (non-hydrogen) atoms. The van der Waals surface area contributed by atoms with Crippen LogP contribution in [0.4, 0.5) is 0 Å². The predicted octanol–water partition coefficient (Wildman–Crippen LogP) is -0.339. The Hall–Kier alpha value is -1.74. The fourth-order valence-corrected chi connectivity index (χ4v) is 2.50. The van der Waals surface area contributed by atoms with E-state index in [1.54, 1.807) is 21.7 Å². The highest BCUT2D eigenvalue weighted by atomic mass is 32.2. The van der Waals surface area contributed by atoms with Gasteiger partial charge in [0.1, 0.15) is 5.69 Å². The third-order valence-electron chi connectivity index (χ3n) is 2.77. The smallest absolute Gasteiger partial charge is 0.273 e. The molecular formula is C9H12N6O2S. The second-order valence-electron chi connectivity index (χ2n) is 4.38. The number of sulfonamides is 1. The van der Waals surface area contributed by atoms with E-state index in [1.165, 1.54) is 0 Å². The summed E-state index contributed by atoms with van der Waals surface area (Å²) in [4.78, 5) is 4.16. The molecule has 2 aromatic rings. The first-order valence-electron chi connectivity index (χ1n) is 5.43. The van der Waals surface area contributed by atoms with Crippen molar-refractivity contribution in [3.63, 3.8) is 0 Å². The van der Waals surface area contributed by atoms with Gasteiger partial charge in [-0.3, -0.25) is 4.57 Å². The van der Waals surface area contributed by atoms with Gasteiger partial charge in [-0.05, 0) is 12.8 Å². The molecule has 0 amide bonds. The number of nitrogens with zero attached hydrogens (tertiary/aromatic N) is 5. The maximum Gasteiger partial charge on any atom is 0.273 e. The van der Waals surface area contributed by atoms with Crippen molar-refractivity contribution in [3.05, 3.63) is 12.5 Å². The van der Waals surface area contributed by atoms with Gasteiger partial charge in [-0.15, -0.1) is 10.2 Å². The van der Waals surface area contributed by atoms with Gasteiger partial charge in [-0.1, -0.05) is 0 Å². The number of aromatic nitrogens is 5. The van der Waals surface area contributed by atoms with Gasteiger partial charge in [-0.25, -0.2) is 18.5 Å². The molecule has 0 aromatic carbocycles. The molecule has 0 saturated heterocycles. The molecule has 1 fully saturated rings. The van der Waals surface area contributed by atoms with E-state index in [-0.39, 0.29) is 11.2 Å². The molecule has 0 aliphatic heterocycles. The van der Waals surface area contributed by atoms with Gasteiger partial charge >= 0.3 is 0 Å². The number of rotatable bonds is 3. The number of primary sulfonamides is 1. The molecule has 96 valence electrons. The summed E-state index contributed by atoms with van der Waals surface area (Å²) in [6.07, 6.45) is 5.19. The van der Waals surface area contributed by atoms with Gasteiger partial charge < -0.3 is 4.57 Å². The molecule has 8 nitrogen and oxygen atoms in total. The lowest BCUT2D eigenvalue weighted by Crippen LogP contribution is -2.18. The second-order valence-corrected chi connectivity index (χ2v) is 5.83. The molecule has 0 spiro atoms. The minimum atomic E-state index is -3.86. The fourth-order valence-electron chi connectivity index (χ4n) is 1.84. The molecule has 0 atom stereocenters. The molecule has 1 saturated carbocycles. The Labute approximate surface area is 104 Å². The molecule has 9 heteroatoms. The quantitative estimate of drug-likeness (QED) is 0.819. The van der Waals surface area contributed by atoms with Crippen LogP contribution in [-0.4, -0.2) is 32.7 Å². The van der Waals surface area contributed by atoms with Crippen LogP contribution >= 0.6 is 0 Å². The third kappa shape index (κ3) is 1.81. The summed E-state index contributed by atoms with van der Waals surface area (Å²) in [5.41, 5.74) is 0.590. The van der Waals surface area contributed by atoms with E-state index in [4.69, 9.17) is 5.14 Å². The Balaban J connectivity index is 2.19. The first-order chi connectivity index (χ1) is 8.47. The summed E-state index contributed by atoms with van der Waals surface area (Å²) in [7, 11) is -2.04. The highest BCUT2D eigenvalue weighted by Gasteiger charge is 2.34. The topological polar surface area (TPSA) is 109 Å². The largest absolute Gasteiger partial charge is 0.340 e. The lowest BCUT2D eigenvalue weighted by Gasteiger charge is -2.05. The summed E-state index contributed by atoms with van der Waals surface area (Å²) in [5.74, 6) is 0.446. The van der Waals surface area contributed by atoms with E-state index in [0.29, 0.717) is 11.5 Å². The van der Waals surface area contributed by atoms with Gasteiger partial charge in [0.25, 0.3) is 15.2 Å². The van der Waals surface area contributed by atoms with Crippen molar-refractivity contribution in [3.8, 4) is 11.5 Å². The first kappa shape index (κ1) is 11.4. The minimum absolute atomic E-state index is 0.102. The lowest BCUT2D eigenvalue weighted by molar-refractivity contribution is 0.567. The minimum Gasteiger partial charge on any atom is -0.340 e. The van der Waals surface area contributed by atoms with Crippen molar-refractivity contribution >= 4 is 10.0 Å². The predicted molar refractivity (Wildman–Crippen MR) is 61.9 cm³/mol. The SMILES string of the molecule is Cn1cnc(-c2nnc(S(N)(=O)=O)n2C2CC2)c1. The van der Waals surface area contributed by atoms with Crippen molar-refractivity contribution in [2.45, 2.75) is 24.0 Å². The average Bonchev–Trinajstić information content (AvgIpc) is 2.85. The molecule has 1 aliphatic carbocycles. The maximum absolute atomic E-state index is 11.5. The zero-order valence-corrected chi connectivity index (χ0v) is 10.5. The number of hydrogen-bond donors (Lipinski definition) is 1. The van der Waals surface area contributed by atoms with E-state index < -0.39 is 10.0 Å². The van der Waals surface area contributed by atoms with Gasteiger partial charge in [0.2, 0.25) is 0 Å². The van der Waals surface area contributed by atoms with E-state index in [0.717, 1.165) is 12.8 Å². The summed E-state index contributed by atoms with van der Waals surface area (Å²) in [6, 6.07) is 0.102. The third-order valence-corrected chi connectivity index (χ3v) is 3.55. The number of aryl methyl sites for hydroxylation is 1. The van der Waals surface area contributed by atoms with Gasteiger partial charge in [-0.2, -0.15) is 0 Å². The number of hydrogen-bond acceptors (Lipinski definition) is 5. The fraction of sp³-hybridized carbons (Fsp3) is 0.444. The Morgan fingerprint density at radius 1 is 1.39 bits per heavy atom. The van der Waals surface area contributed by atoms with Crippen LogP contribution in [0.15, 0.2) is 17.7 Å². The van der Waals surface area contributed by atoms with Crippen molar-refractivity contribution < 1.29 is 8.42 Å². The average molecular weight is 268 g/mol. The number of imidazole rings is 1. The normalized spacial score (nSPS) is 16.1. The molecule has 0 bridgehead atoms. The zero-order chi connectivity index (χ0) is 12.9. The number of nitrogens with two attached hydrogens (primary N) is 1. The van der Waals surface area contributed by atoms with Crippen molar-refractivity contribution in [1.82, 2.24) is 24.3 Å². The van der Waals surface area contributed by atoms with Crippen molar-refractivity contribution in [2.75, 3.05) is 0 Å². The summed E-state index contributed by atoms with van der Waals surface area (Å²) >= 11 is 0. The van der Waals surface area contributed by atoms with Crippen LogP contribution in [-0.2, 0) is 17.1 Å². The molecule has 2 heterocycles. The summed E-state index contributed by atoms with van der Waals surface area (Å²) < 4.78 is 26.3. The molecule has 2 aromatic heterocycles. The van der Waals surface area contributed by atoms with Crippen LogP contribution in [0.25, 0.3) is 11.5 Å². The van der Waals surface area contributed by atoms with Gasteiger partial charge in [0.05, 0.1) is 6.33 Å². The standard InChI is InChI=1S/C9H12N6O2S/c1-14-4-7(11-5-14)8-12-13-9(18(10,16)17)15(8)6-2-3-6/h4-6H,2-3H2,1H3,(H2,10,16,17). The van der Waals surface area contributed by atoms with E-state index >= 15 is 0 Å². The highest BCUT2D eigenvalue weighted by molar-refractivity contribution is 7.89. The Kier molecular flexibility index (Phi) is 2.29. The van der Waals surface area contributed by atoms with E-state index in [1.807, 2.05) is 7.05 Å². The molecular weight excluding hydrogens is 256 g/mol. The first-order valence-corrected chi connectivity index (χ1v) is 6.97.